The lowest BCUT2D eigenvalue weighted by Crippen LogP contribution is -2.09. The molecule has 22 heavy (non-hydrogen) atoms. The molecule has 114 valence electrons. The lowest BCUT2D eigenvalue weighted by atomic mass is 10.2. The summed E-state index contributed by atoms with van der Waals surface area (Å²) in [6.07, 6.45) is -0.641. The van der Waals surface area contributed by atoms with Gasteiger partial charge in [-0.05, 0) is 0 Å². The van der Waals surface area contributed by atoms with Crippen LogP contribution in [0.5, 0.6) is 11.6 Å². The summed E-state index contributed by atoms with van der Waals surface area (Å²) < 4.78 is 32.0. The van der Waals surface area contributed by atoms with Gasteiger partial charge in [0.1, 0.15) is 12.0 Å². The number of pyridine rings is 1. The van der Waals surface area contributed by atoms with Crippen molar-refractivity contribution in [1.29, 1.82) is 0 Å². The van der Waals surface area contributed by atoms with Crippen LogP contribution in [0.4, 0.5) is 25.0 Å². The van der Waals surface area contributed by atoms with Gasteiger partial charge in [0.25, 0.3) is 5.69 Å². The number of nitrogens with one attached hydrogen (secondary N) is 1. The molecular weight excluding hydrogens is 304 g/mol. The molecule has 1 aromatic carbocycles. The van der Waals surface area contributed by atoms with Gasteiger partial charge < -0.3 is 9.84 Å². The highest BCUT2D eigenvalue weighted by Gasteiger charge is 2.14. The Morgan fingerprint density at radius 1 is 1.32 bits per heavy atom. The highest BCUT2D eigenvalue weighted by molar-refractivity contribution is 5.83. The third-order valence-electron chi connectivity index (χ3n) is 2.41. The van der Waals surface area contributed by atoms with Crippen LogP contribution in [0, 0.1) is 21.7 Å². The van der Waals surface area contributed by atoms with Crippen LogP contribution in [0.2, 0.25) is 0 Å². The first-order valence-corrected chi connectivity index (χ1v) is 5.64. The maximum absolute atomic E-state index is 13.6. The number of hydrogen-bond acceptors (Lipinski definition) is 5. The number of nitrogens with zero attached hydrogens (tertiary/aromatic N) is 2. The van der Waals surface area contributed by atoms with Gasteiger partial charge in [-0.25, -0.2) is 18.6 Å². The van der Waals surface area contributed by atoms with E-state index in [4.69, 9.17) is 9.84 Å². The summed E-state index contributed by atoms with van der Waals surface area (Å²) >= 11 is 0. The first-order chi connectivity index (χ1) is 10.4. The summed E-state index contributed by atoms with van der Waals surface area (Å²) in [5, 5.41) is 20.7. The minimum Gasteiger partial charge on any atom is -0.465 e. The Labute approximate surface area is 121 Å². The van der Waals surface area contributed by atoms with E-state index in [1.165, 1.54) is 0 Å². The molecule has 2 aromatic rings. The van der Waals surface area contributed by atoms with Crippen LogP contribution in [0.1, 0.15) is 0 Å². The van der Waals surface area contributed by atoms with Crippen molar-refractivity contribution >= 4 is 17.5 Å². The Bertz CT molecular complexity index is 736. The molecule has 0 saturated carbocycles. The van der Waals surface area contributed by atoms with Gasteiger partial charge in [-0.3, -0.25) is 15.4 Å². The number of rotatable bonds is 4. The number of anilines is 1. The summed E-state index contributed by atoms with van der Waals surface area (Å²) in [7, 11) is 0. The Morgan fingerprint density at radius 3 is 2.59 bits per heavy atom. The summed E-state index contributed by atoms with van der Waals surface area (Å²) in [5.41, 5.74) is -0.800. The molecule has 2 rings (SSSR count). The zero-order valence-electron chi connectivity index (χ0n) is 10.6. The van der Waals surface area contributed by atoms with E-state index in [0.29, 0.717) is 6.07 Å². The van der Waals surface area contributed by atoms with Crippen molar-refractivity contribution in [1.82, 2.24) is 4.98 Å². The third kappa shape index (κ3) is 3.42. The Morgan fingerprint density at radius 2 is 2.05 bits per heavy atom. The largest absolute Gasteiger partial charge is 0.465 e. The van der Waals surface area contributed by atoms with E-state index >= 15 is 0 Å². The van der Waals surface area contributed by atoms with E-state index in [2.05, 4.69) is 4.98 Å². The molecule has 0 saturated heterocycles. The second-order valence-corrected chi connectivity index (χ2v) is 3.91. The Balaban J connectivity index is 2.28. The molecular formula is C12H7F2N3O5. The van der Waals surface area contributed by atoms with Gasteiger partial charge in [0.05, 0.1) is 10.6 Å². The summed E-state index contributed by atoms with van der Waals surface area (Å²) in [6, 6.07) is 3.43. The monoisotopic (exact) mass is 311 g/mol. The quantitative estimate of drug-likeness (QED) is 0.662. The molecule has 0 unspecified atom stereocenters. The SMILES string of the molecule is O=C(O)Nc1cc(Oc2ccc([N+](=O)[O-])cn2)c(F)cc1F. The molecule has 0 bridgehead atoms. The predicted octanol–water partition coefficient (Wildman–Crippen LogP) is 3.15. The maximum Gasteiger partial charge on any atom is 0.409 e. The fraction of sp³-hybridized carbons (Fsp3) is 0. The van der Waals surface area contributed by atoms with Crippen molar-refractivity contribution < 1.29 is 28.3 Å². The average molecular weight is 311 g/mol. The lowest BCUT2D eigenvalue weighted by Gasteiger charge is -2.09. The van der Waals surface area contributed by atoms with Crippen molar-refractivity contribution in [3.05, 3.63) is 52.2 Å². The van der Waals surface area contributed by atoms with E-state index in [0.717, 1.165) is 24.4 Å². The van der Waals surface area contributed by atoms with Crippen molar-refractivity contribution in [2.75, 3.05) is 5.32 Å². The van der Waals surface area contributed by atoms with E-state index in [-0.39, 0.29) is 11.6 Å². The third-order valence-corrected chi connectivity index (χ3v) is 2.41. The number of aromatic nitrogens is 1. The van der Waals surface area contributed by atoms with Gasteiger partial charge in [0.2, 0.25) is 5.88 Å². The fourth-order valence-electron chi connectivity index (χ4n) is 1.47. The molecule has 1 amide bonds. The standard InChI is InChI=1S/C12H7F2N3O5/c13-7-3-8(14)10(4-9(7)16-12(18)19)22-11-2-1-6(5-15-11)17(20)21/h1-5,16H,(H,18,19). The van der Waals surface area contributed by atoms with Gasteiger partial charge in [-0.15, -0.1) is 0 Å². The molecule has 0 fully saturated rings. The molecule has 0 radical (unpaired) electrons. The highest BCUT2D eigenvalue weighted by Crippen LogP contribution is 2.29. The topological polar surface area (TPSA) is 115 Å². The second kappa shape index (κ2) is 5.99. The summed E-state index contributed by atoms with van der Waals surface area (Å²) in [6.45, 7) is 0. The molecule has 1 aromatic heterocycles. The van der Waals surface area contributed by atoms with Crippen LogP contribution in [0.3, 0.4) is 0 Å². The second-order valence-electron chi connectivity index (χ2n) is 3.91. The van der Waals surface area contributed by atoms with Gasteiger partial charge in [-0.2, -0.15) is 0 Å². The minimum absolute atomic E-state index is 0.183. The number of hydrogen-bond donors (Lipinski definition) is 2. The molecule has 0 aliphatic heterocycles. The predicted molar refractivity (Wildman–Crippen MR) is 69.0 cm³/mol. The average Bonchev–Trinajstić information content (AvgIpc) is 2.44. The molecule has 0 aliphatic rings. The smallest absolute Gasteiger partial charge is 0.409 e. The van der Waals surface area contributed by atoms with Crippen molar-refractivity contribution in [3.63, 3.8) is 0 Å². The van der Waals surface area contributed by atoms with Crippen LogP contribution in [-0.4, -0.2) is 21.1 Å². The van der Waals surface area contributed by atoms with Crippen molar-refractivity contribution in [3.8, 4) is 11.6 Å². The lowest BCUT2D eigenvalue weighted by molar-refractivity contribution is -0.385. The molecule has 8 nitrogen and oxygen atoms in total. The van der Waals surface area contributed by atoms with Crippen LogP contribution in [0.25, 0.3) is 0 Å². The van der Waals surface area contributed by atoms with E-state index in [9.17, 15) is 23.7 Å². The number of carboxylic acid groups (broad SMARTS) is 1. The zero-order valence-corrected chi connectivity index (χ0v) is 10.6. The summed E-state index contributed by atoms with van der Waals surface area (Å²) in [4.78, 5) is 23.9. The molecule has 0 spiro atoms. The van der Waals surface area contributed by atoms with Crippen LogP contribution >= 0.6 is 0 Å². The minimum atomic E-state index is -1.54. The van der Waals surface area contributed by atoms with Gasteiger partial charge in [0.15, 0.2) is 11.6 Å². The molecule has 0 atom stereocenters. The number of ether oxygens (including phenoxy) is 1. The maximum atomic E-state index is 13.6. The Hall–Kier alpha value is -3.30. The van der Waals surface area contributed by atoms with Crippen LogP contribution < -0.4 is 10.1 Å². The number of benzene rings is 1. The first-order valence-electron chi connectivity index (χ1n) is 5.64. The fourth-order valence-corrected chi connectivity index (χ4v) is 1.47. The molecule has 1 heterocycles. The zero-order chi connectivity index (χ0) is 16.3. The first kappa shape index (κ1) is 15.1. The normalized spacial score (nSPS) is 10.1. The van der Waals surface area contributed by atoms with Gasteiger partial charge in [-0.1, -0.05) is 0 Å². The molecule has 2 N–H and O–H groups in total. The van der Waals surface area contributed by atoms with Crippen molar-refractivity contribution in [2.45, 2.75) is 0 Å². The van der Waals surface area contributed by atoms with Gasteiger partial charge in [0, 0.05) is 24.3 Å². The van der Waals surface area contributed by atoms with Crippen LogP contribution in [0.15, 0.2) is 30.5 Å². The van der Waals surface area contributed by atoms with E-state index < -0.39 is 34.1 Å². The Kier molecular flexibility index (Phi) is 4.11. The highest BCUT2D eigenvalue weighted by atomic mass is 19.1. The number of amides is 1. The van der Waals surface area contributed by atoms with E-state index in [1.807, 2.05) is 0 Å². The molecule has 0 aliphatic carbocycles. The van der Waals surface area contributed by atoms with Crippen LogP contribution in [-0.2, 0) is 0 Å². The number of carbonyl (C=O) groups is 1. The van der Waals surface area contributed by atoms with Crippen molar-refractivity contribution in [2.24, 2.45) is 0 Å². The van der Waals surface area contributed by atoms with E-state index in [1.54, 1.807) is 5.32 Å². The summed E-state index contributed by atoms with van der Waals surface area (Å²) in [5.74, 6) is -2.89. The number of halogens is 2. The number of nitro groups is 1. The molecule has 10 heteroatoms. The van der Waals surface area contributed by atoms with Gasteiger partial charge >= 0.3 is 6.09 Å².